The van der Waals surface area contributed by atoms with Crippen LogP contribution in [0, 0.1) is 5.92 Å². The second kappa shape index (κ2) is 11.0. The summed E-state index contributed by atoms with van der Waals surface area (Å²) in [7, 11) is 0. The van der Waals surface area contributed by atoms with E-state index in [0.29, 0.717) is 27.7 Å². The Morgan fingerprint density at radius 2 is 1.89 bits per heavy atom. The van der Waals surface area contributed by atoms with Gasteiger partial charge in [0, 0.05) is 15.8 Å². The molecule has 5 rings (SSSR count). The zero-order valence-electron chi connectivity index (χ0n) is 22.2. The first-order chi connectivity index (χ1) is 18.3. The third-order valence-electron chi connectivity index (χ3n) is 6.70. The minimum Gasteiger partial charge on any atom is -0.491 e. The number of ether oxygens (including phenoxy) is 2. The fourth-order valence-electron chi connectivity index (χ4n) is 4.92. The molecule has 0 bridgehead atoms. The Balaban J connectivity index is 1.53. The summed E-state index contributed by atoms with van der Waals surface area (Å²) in [6, 6.07) is 17.1. The van der Waals surface area contributed by atoms with Gasteiger partial charge < -0.3 is 14.8 Å². The van der Waals surface area contributed by atoms with E-state index in [1.54, 1.807) is 6.92 Å². The Bertz CT molecular complexity index is 1490. The molecule has 2 aromatic heterocycles. The van der Waals surface area contributed by atoms with Gasteiger partial charge in [-0.2, -0.15) is 0 Å². The highest BCUT2D eigenvalue weighted by Gasteiger charge is 2.29. The van der Waals surface area contributed by atoms with Crippen LogP contribution in [0.1, 0.15) is 65.3 Å². The summed E-state index contributed by atoms with van der Waals surface area (Å²) < 4.78 is 11.2. The van der Waals surface area contributed by atoms with Gasteiger partial charge in [0.15, 0.2) is 0 Å². The Morgan fingerprint density at radius 3 is 2.63 bits per heavy atom. The third kappa shape index (κ3) is 5.29. The van der Waals surface area contributed by atoms with Gasteiger partial charge in [-0.15, -0.1) is 11.3 Å². The highest BCUT2D eigenvalue weighted by Crippen LogP contribution is 2.40. The van der Waals surface area contributed by atoms with Crippen LogP contribution in [0.3, 0.4) is 0 Å². The quantitative estimate of drug-likeness (QED) is 0.255. The number of hydrogen-bond acceptors (Lipinski definition) is 6. The van der Waals surface area contributed by atoms with Gasteiger partial charge in [-0.05, 0) is 87.9 Å². The molecule has 4 aromatic rings. The molecule has 38 heavy (non-hydrogen) atoms. The minimum absolute atomic E-state index is 0.0839. The second-order valence-corrected chi connectivity index (χ2v) is 11.1. The molecule has 196 valence electrons. The van der Waals surface area contributed by atoms with E-state index in [0.717, 1.165) is 51.9 Å². The van der Waals surface area contributed by atoms with Crippen molar-refractivity contribution in [1.82, 2.24) is 4.98 Å². The van der Waals surface area contributed by atoms with Crippen LogP contribution in [0.15, 0.2) is 54.6 Å². The number of esters is 1. The number of nitrogens with zero attached hydrogens (tertiary/aromatic N) is 1. The maximum absolute atomic E-state index is 13.8. The smallest absolute Gasteiger partial charge is 0.341 e. The Labute approximate surface area is 227 Å². The fraction of sp³-hybridized carbons (Fsp3) is 0.323. The molecule has 1 amide bonds. The molecular formula is C31H32N2O4S. The number of carbonyl (C=O) groups excluding carboxylic acids is 2. The molecule has 0 unspecified atom stereocenters. The number of anilines is 1. The SMILES string of the molecule is CCOC(=O)c1c(NC(=O)c2cc(-c3ccc(OC(C)C)cc3)nc3ccccc23)sc2c1CC[C@@H](C)C2. The molecule has 0 radical (unpaired) electrons. The molecule has 0 spiro atoms. The van der Waals surface area contributed by atoms with Crippen LogP contribution in [0.4, 0.5) is 5.00 Å². The van der Waals surface area contributed by atoms with Crippen LogP contribution >= 0.6 is 11.3 Å². The molecule has 7 heteroatoms. The molecule has 1 aliphatic rings. The van der Waals surface area contributed by atoms with Gasteiger partial charge in [0.05, 0.1) is 35.0 Å². The largest absolute Gasteiger partial charge is 0.491 e. The Hall–Kier alpha value is -3.71. The van der Waals surface area contributed by atoms with E-state index in [9.17, 15) is 9.59 Å². The molecule has 0 saturated carbocycles. The predicted molar refractivity (Wildman–Crippen MR) is 152 cm³/mol. The lowest BCUT2D eigenvalue weighted by atomic mass is 9.88. The second-order valence-electron chi connectivity index (χ2n) is 9.99. The maximum Gasteiger partial charge on any atom is 0.341 e. The highest BCUT2D eigenvalue weighted by atomic mass is 32.1. The molecule has 1 atom stereocenters. The number of carbonyl (C=O) groups is 2. The molecule has 0 aliphatic heterocycles. The summed E-state index contributed by atoms with van der Waals surface area (Å²) in [6.07, 6.45) is 2.82. The number of benzene rings is 2. The van der Waals surface area contributed by atoms with Crippen LogP contribution in [-0.4, -0.2) is 29.6 Å². The van der Waals surface area contributed by atoms with Crippen molar-refractivity contribution in [3.8, 4) is 17.0 Å². The molecule has 2 heterocycles. The number of para-hydroxylation sites is 1. The molecular weight excluding hydrogens is 496 g/mol. The first kappa shape index (κ1) is 25.9. The standard InChI is InChI=1S/C31H32N2O4S/c1-5-36-31(35)28-23-15-10-19(4)16-27(23)38-30(28)33-29(34)24-17-26(32-25-9-7-6-8-22(24)25)20-11-13-21(14-12-20)37-18(2)3/h6-9,11-14,17-19H,5,10,15-16H2,1-4H3,(H,33,34)/t19-/m1/s1. The number of nitrogens with one attached hydrogen (secondary N) is 1. The van der Waals surface area contributed by atoms with Crippen molar-refractivity contribution in [3.05, 3.63) is 76.2 Å². The van der Waals surface area contributed by atoms with Gasteiger partial charge in [0.2, 0.25) is 0 Å². The predicted octanol–water partition coefficient (Wildman–Crippen LogP) is 7.30. The van der Waals surface area contributed by atoms with Crippen LogP contribution < -0.4 is 10.1 Å². The van der Waals surface area contributed by atoms with Gasteiger partial charge in [-0.3, -0.25) is 4.79 Å². The monoisotopic (exact) mass is 528 g/mol. The number of amides is 1. The first-order valence-corrected chi connectivity index (χ1v) is 14.0. The molecule has 0 saturated heterocycles. The number of aromatic nitrogens is 1. The molecule has 1 aliphatic carbocycles. The summed E-state index contributed by atoms with van der Waals surface area (Å²) >= 11 is 1.49. The van der Waals surface area contributed by atoms with E-state index in [4.69, 9.17) is 14.5 Å². The lowest BCUT2D eigenvalue weighted by molar-refractivity contribution is 0.0526. The fourth-order valence-corrected chi connectivity index (χ4v) is 6.31. The summed E-state index contributed by atoms with van der Waals surface area (Å²) in [5, 5.41) is 4.38. The Morgan fingerprint density at radius 1 is 1.13 bits per heavy atom. The van der Waals surface area contributed by atoms with Crippen LogP contribution in [-0.2, 0) is 17.6 Å². The number of pyridine rings is 1. The van der Waals surface area contributed by atoms with E-state index in [1.807, 2.05) is 68.4 Å². The zero-order chi connectivity index (χ0) is 26.8. The van der Waals surface area contributed by atoms with E-state index >= 15 is 0 Å². The van der Waals surface area contributed by atoms with E-state index in [-0.39, 0.29) is 24.6 Å². The van der Waals surface area contributed by atoms with Gasteiger partial charge in [0.25, 0.3) is 5.91 Å². The van der Waals surface area contributed by atoms with Gasteiger partial charge >= 0.3 is 5.97 Å². The normalized spacial score (nSPS) is 14.8. The van der Waals surface area contributed by atoms with Crippen molar-refractivity contribution in [1.29, 1.82) is 0 Å². The number of rotatable bonds is 7. The topological polar surface area (TPSA) is 77.5 Å². The van der Waals surface area contributed by atoms with E-state index < -0.39 is 0 Å². The Kier molecular flexibility index (Phi) is 7.47. The molecule has 0 fully saturated rings. The highest BCUT2D eigenvalue weighted by molar-refractivity contribution is 7.17. The van der Waals surface area contributed by atoms with Gasteiger partial charge in [-0.1, -0.05) is 25.1 Å². The van der Waals surface area contributed by atoms with Crippen LogP contribution in [0.25, 0.3) is 22.2 Å². The maximum atomic E-state index is 13.8. The van der Waals surface area contributed by atoms with Crippen molar-refractivity contribution < 1.29 is 19.1 Å². The van der Waals surface area contributed by atoms with Crippen LogP contribution in [0.2, 0.25) is 0 Å². The minimum atomic E-state index is -0.376. The average Bonchev–Trinajstić information content (AvgIpc) is 3.25. The van der Waals surface area contributed by atoms with Gasteiger partial charge in [0.1, 0.15) is 10.8 Å². The number of thiophene rings is 1. The number of fused-ring (bicyclic) bond motifs is 2. The average molecular weight is 529 g/mol. The molecule has 2 aromatic carbocycles. The van der Waals surface area contributed by atoms with Crippen molar-refractivity contribution >= 4 is 39.1 Å². The molecule has 1 N–H and O–H groups in total. The third-order valence-corrected chi connectivity index (χ3v) is 7.87. The van der Waals surface area contributed by atoms with Crippen molar-refractivity contribution in [2.24, 2.45) is 5.92 Å². The van der Waals surface area contributed by atoms with Crippen molar-refractivity contribution in [2.75, 3.05) is 11.9 Å². The van der Waals surface area contributed by atoms with Crippen molar-refractivity contribution in [2.45, 2.75) is 53.1 Å². The lowest BCUT2D eigenvalue weighted by Crippen LogP contribution is -2.17. The molecule has 6 nitrogen and oxygen atoms in total. The lowest BCUT2D eigenvalue weighted by Gasteiger charge is -2.18. The number of hydrogen-bond donors (Lipinski definition) is 1. The van der Waals surface area contributed by atoms with E-state index in [2.05, 4.69) is 12.2 Å². The summed E-state index contributed by atoms with van der Waals surface area (Å²) in [5.41, 5.74) is 4.33. The van der Waals surface area contributed by atoms with Gasteiger partial charge in [-0.25, -0.2) is 9.78 Å². The van der Waals surface area contributed by atoms with Crippen LogP contribution in [0.5, 0.6) is 5.75 Å². The first-order valence-electron chi connectivity index (χ1n) is 13.1. The zero-order valence-corrected chi connectivity index (χ0v) is 23.0. The van der Waals surface area contributed by atoms with E-state index in [1.165, 1.54) is 11.3 Å². The summed E-state index contributed by atoms with van der Waals surface area (Å²) in [6.45, 7) is 8.27. The van der Waals surface area contributed by atoms with Crippen molar-refractivity contribution in [3.63, 3.8) is 0 Å². The summed E-state index contributed by atoms with van der Waals surface area (Å²) in [5.74, 6) is 0.675. The summed E-state index contributed by atoms with van der Waals surface area (Å²) in [4.78, 5) is 32.7.